The molecule has 0 saturated carbocycles. The molecule has 3 aromatic rings. The van der Waals surface area contributed by atoms with E-state index in [2.05, 4.69) is 4.72 Å². The van der Waals surface area contributed by atoms with Gasteiger partial charge in [0, 0.05) is 6.07 Å². The average Bonchev–Trinajstić information content (AvgIpc) is 2.72. The SMILES string of the molecule is Cc1ccc(S(=O)(=O)NCc2cc(=O)c(OCc3ccccc3)c(C(=O)O)o2)cc1. The van der Waals surface area contributed by atoms with Gasteiger partial charge in [0.25, 0.3) is 5.76 Å². The van der Waals surface area contributed by atoms with Gasteiger partial charge in [-0.1, -0.05) is 48.0 Å². The van der Waals surface area contributed by atoms with Crippen LogP contribution in [0.1, 0.15) is 27.4 Å². The zero-order chi connectivity index (χ0) is 21.7. The van der Waals surface area contributed by atoms with Crippen LogP contribution in [0.25, 0.3) is 0 Å². The fraction of sp³-hybridized carbons (Fsp3) is 0.143. The highest BCUT2D eigenvalue weighted by molar-refractivity contribution is 7.89. The number of carboxylic acids is 1. The molecule has 0 spiro atoms. The minimum absolute atomic E-state index is 0.0225. The number of rotatable bonds is 8. The lowest BCUT2D eigenvalue weighted by Gasteiger charge is -2.10. The molecule has 0 atom stereocenters. The molecule has 0 amide bonds. The lowest BCUT2D eigenvalue weighted by molar-refractivity contribution is 0.0647. The van der Waals surface area contributed by atoms with E-state index in [0.29, 0.717) is 0 Å². The highest BCUT2D eigenvalue weighted by Gasteiger charge is 2.21. The van der Waals surface area contributed by atoms with Crippen molar-refractivity contribution in [1.82, 2.24) is 4.72 Å². The first-order valence-corrected chi connectivity index (χ1v) is 10.4. The lowest BCUT2D eigenvalue weighted by atomic mass is 10.2. The summed E-state index contributed by atoms with van der Waals surface area (Å²) in [5.74, 6) is -2.79. The number of ether oxygens (including phenoxy) is 1. The van der Waals surface area contributed by atoms with Crippen molar-refractivity contribution >= 4 is 16.0 Å². The number of hydrogen-bond acceptors (Lipinski definition) is 6. The maximum Gasteiger partial charge on any atom is 0.375 e. The quantitative estimate of drug-likeness (QED) is 0.564. The van der Waals surface area contributed by atoms with Crippen LogP contribution in [0.15, 0.2) is 74.8 Å². The summed E-state index contributed by atoms with van der Waals surface area (Å²) in [5, 5.41) is 9.39. The third kappa shape index (κ3) is 5.13. The van der Waals surface area contributed by atoms with E-state index >= 15 is 0 Å². The number of aromatic carboxylic acids is 1. The minimum atomic E-state index is -3.87. The van der Waals surface area contributed by atoms with Crippen LogP contribution in [0.2, 0.25) is 0 Å². The maximum atomic E-state index is 12.4. The molecule has 2 N–H and O–H groups in total. The standard InChI is InChI=1S/C21H19NO7S/c1-14-7-9-17(10-8-14)30(26,27)22-12-16-11-18(23)19(20(29-16)21(24)25)28-13-15-5-3-2-4-6-15/h2-11,22H,12-13H2,1H3,(H,24,25). The van der Waals surface area contributed by atoms with E-state index in [1.54, 1.807) is 36.4 Å². The molecule has 156 valence electrons. The first kappa shape index (κ1) is 21.3. The third-order valence-corrected chi connectivity index (χ3v) is 5.56. The largest absolute Gasteiger partial charge is 0.481 e. The van der Waals surface area contributed by atoms with Gasteiger partial charge >= 0.3 is 5.97 Å². The summed E-state index contributed by atoms with van der Waals surface area (Å²) in [6, 6.07) is 16.1. The third-order valence-electron chi connectivity index (χ3n) is 4.14. The van der Waals surface area contributed by atoms with E-state index in [1.807, 2.05) is 13.0 Å². The number of benzene rings is 2. The molecule has 0 bridgehead atoms. The van der Waals surface area contributed by atoms with Gasteiger partial charge in [0.1, 0.15) is 12.4 Å². The number of aryl methyl sites for hydroxylation is 1. The Morgan fingerprint density at radius 2 is 1.77 bits per heavy atom. The topological polar surface area (TPSA) is 123 Å². The molecule has 0 aliphatic carbocycles. The Hall–Kier alpha value is -3.43. The number of hydrogen-bond donors (Lipinski definition) is 2. The van der Waals surface area contributed by atoms with Crippen molar-refractivity contribution < 1.29 is 27.5 Å². The van der Waals surface area contributed by atoms with E-state index in [0.717, 1.165) is 17.2 Å². The highest BCUT2D eigenvalue weighted by Crippen LogP contribution is 2.18. The van der Waals surface area contributed by atoms with Gasteiger partial charge in [0.15, 0.2) is 0 Å². The summed E-state index contributed by atoms with van der Waals surface area (Å²) < 4.78 is 37.6. The van der Waals surface area contributed by atoms with Gasteiger partial charge in [0.05, 0.1) is 11.4 Å². The van der Waals surface area contributed by atoms with Crippen LogP contribution in [-0.4, -0.2) is 19.5 Å². The van der Waals surface area contributed by atoms with Crippen molar-refractivity contribution in [3.63, 3.8) is 0 Å². The van der Waals surface area contributed by atoms with Crippen LogP contribution < -0.4 is 14.9 Å². The van der Waals surface area contributed by atoms with Crippen LogP contribution in [0.4, 0.5) is 0 Å². The van der Waals surface area contributed by atoms with E-state index in [4.69, 9.17) is 9.15 Å². The number of nitrogens with one attached hydrogen (secondary N) is 1. The van der Waals surface area contributed by atoms with Crippen molar-refractivity contribution in [2.45, 2.75) is 25.0 Å². The molecule has 0 saturated heterocycles. The lowest BCUT2D eigenvalue weighted by Crippen LogP contribution is -2.24. The molecule has 8 nitrogen and oxygen atoms in total. The first-order chi connectivity index (χ1) is 14.3. The predicted molar refractivity (Wildman–Crippen MR) is 108 cm³/mol. The summed E-state index contributed by atoms with van der Waals surface area (Å²) in [5.41, 5.74) is 0.916. The summed E-state index contributed by atoms with van der Waals surface area (Å²) in [6.45, 7) is 1.41. The summed E-state index contributed by atoms with van der Waals surface area (Å²) in [7, 11) is -3.87. The van der Waals surface area contributed by atoms with Gasteiger partial charge in [-0.3, -0.25) is 4.79 Å². The molecule has 9 heteroatoms. The fourth-order valence-corrected chi connectivity index (χ4v) is 3.59. The second-order valence-electron chi connectivity index (χ2n) is 6.45. The molecule has 0 fully saturated rings. The van der Waals surface area contributed by atoms with Gasteiger partial charge < -0.3 is 14.3 Å². The monoisotopic (exact) mass is 429 g/mol. The number of carboxylic acid groups (broad SMARTS) is 1. The Kier molecular flexibility index (Phi) is 6.34. The summed E-state index contributed by atoms with van der Waals surface area (Å²) in [6.07, 6.45) is 0. The van der Waals surface area contributed by atoms with Gasteiger partial charge in [-0.2, -0.15) is 0 Å². The summed E-state index contributed by atoms with van der Waals surface area (Å²) in [4.78, 5) is 24.0. The molecule has 1 aromatic heterocycles. The Balaban J connectivity index is 1.80. The minimum Gasteiger partial charge on any atom is -0.481 e. The van der Waals surface area contributed by atoms with E-state index in [1.165, 1.54) is 12.1 Å². The van der Waals surface area contributed by atoms with Gasteiger partial charge in [0.2, 0.25) is 21.2 Å². The molecule has 3 rings (SSSR count). The van der Waals surface area contributed by atoms with E-state index in [9.17, 15) is 23.1 Å². The highest BCUT2D eigenvalue weighted by atomic mass is 32.2. The fourth-order valence-electron chi connectivity index (χ4n) is 2.59. The zero-order valence-corrected chi connectivity index (χ0v) is 16.8. The predicted octanol–water partition coefficient (Wildman–Crippen LogP) is 2.70. The average molecular weight is 429 g/mol. The van der Waals surface area contributed by atoms with E-state index in [-0.39, 0.29) is 17.3 Å². The van der Waals surface area contributed by atoms with Crippen LogP contribution in [-0.2, 0) is 23.2 Å². The van der Waals surface area contributed by atoms with Gasteiger partial charge in [-0.15, -0.1) is 0 Å². The molecule has 0 aliphatic rings. The van der Waals surface area contributed by atoms with Crippen LogP contribution in [0.3, 0.4) is 0 Å². The second-order valence-corrected chi connectivity index (χ2v) is 8.22. The molecule has 0 unspecified atom stereocenters. The normalized spacial score (nSPS) is 11.2. The zero-order valence-electron chi connectivity index (χ0n) is 16.0. The summed E-state index contributed by atoms with van der Waals surface area (Å²) >= 11 is 0. The first-order valence-electron chi connectivity index (χ1n) is 8.89. The Labute approximate surface area is 172 Å². The van der Waals surface area contributed by atoms with E-state index < -0.39 is 39.5 Å². The van der Waals surface area contributed by atoms with Crippen molar-refractivity contribution in [3.05, 3.63) is 93.5 Å². The Morgan fingerprint density at radius 1 is 1.10 bits per heavy atom. The van der Waals surface area contributed by atoms with Crippen molar-refractivity contribution in [2.24, 2.45) is 0 Å². The molecule has 2 aromatic carbocycles. The second kappa shape index (κ2) is 8.93. The number of carbonyl (C=O) groups is 1. The molecular formula is C21H19NO7S. The van der Waals surface area contributed by atoms with Gasteiger partial charge in [-0.05, 0) is 24.6 Å². The Bertz CT molecular complexity index is 1200. The molecule has 0 aliphatic heterocycles. The van der Waals surface area contributed by atoms with Gasteiger partial charge in [-0.25, -0.2) is 17.9 Å². The van der Waals surface area contributed by atoms with Crippen LogP contribution in [0, 0.1) is 6.92 Å². The Morgan fingerprint density at radius 3 is 2.40 bits per heavy atom. The van der Waals surface area contributed by atoms with Crippen molar-refractivity contribution in [3.8, 4) is 5.75 Å². The van der Waals surface area contributed by atoms with Crippen molar-refractivity contribution in [2.75, 3.05) is 0 Å². The molecular weight excluding hydrogens is 410 g/mol. The molecule has 1 heterocycles. The molecule has 30 heavy (non-hydrogen) atoms. The number of sulfonamides is 1. The molecule has 0 radical (unpaired) electrons. The van der Waals surface area contributed by atoms with Crippen molar-refractivity contribution in [1.29, 1.82) is 0 Å². The van der Waals surface area contributed by atoms with Crippen LogP contribution in [0.5, 0.6) is 5.75 Å². The van der Waals surface area contributed by atoms with Crippen LogP contribution >= 0.6 is 0 Å². The smallest absolute Gasteiger partial charge is 0.375 e. The maximum absolute atomic E-state index is 12.4.